The average Bonchev–Trinajstić information content (AvgIpc) is 3.61. The summed E-state index contributed by atoms with van der Waals surface area (Å²) in [6, 6.07) is 14.3. The summed E-state index contributed by atoms with van der Waals surface area (Å²) in [5.74, 6) is -0.597. The zero-order valence-electron chi connectivity index (χ0n) is 24.0. The van der Waals surface area contributed by atoms with Crippen molar-refractivity contribution in [3.63, 3.8) is 0 Å². The van der Waals surface area contributed by atoms with Gasteiger partial charge in [0.1, 0.15) is 17.9 Å². The monoisotopic (exact) mass is 639 g/mol. The molecule has 1 aliphatic heterocycles. The van der Waals surface area contributed by atoms with E-state index in [-0.39, 0.29) is 34.3 Å². The lowest BCUT2D eigenvalue weighted by Crippen LogP contribution is -2.32. The van der Waals surface area contributed by atoms with Crippen molar-refractivity contribution in [3.05, 3.63) is 89.5 Å². The zero-order chi connectivity index (χ0) is 32.3. The highest BCUT2D eigenvalue weighted by atomic mass is 32.2. The molecule has 0 radical (unpaired) electrons. The van der Waals surface area contributed by atoms with E-state index in [1.807, 2.05) is 13.8 Å². The van der Waals surface area contributed by atoms with Crippen LogP contribution in [0.3, 0.4) is 0 Å². The maximum atomic E-state index is 14.3. The summed E-state index contributed by atoms with van der Waals surface area (Å²) in [4.78, 5) is 34.9. The van der Waals surface area contributed by atoms with Gasteiger partial charge in [0.05, 0.1) is 23.3 Å². The number of amidine groups is 1. The molecule has 0 spiro atoms. The third kappa shape index (κ3) is 7.55. The number of aromatic nitrogens is 3. The molecule has 232 valence electrons. The first-order valence-corrected chi connectivity index (χ1v) is 14.4. The molecule has 3 amide bonds. The molecule has 0 bridgehead atoms. The van der Waals surface area contributed by atoms with Crippen molar-refractivity contribution in [2.24, 2.45) is 10.1 Å². The van der Waals surface area contributed by atoms with Gasteiger partial charge in [-0.15, -0.1) is 18.3 Å². The second-order valence-corrected chi connectivity index (χ2v) is 11.0. The van der Waals surface area contributed by atoms with Crippen LogP contribution in [0.5, 0.6) is 5.75 Å². The van der Waals surface area contributed by atoms with Crippen molar-refractivity contribution in [2.45, 2.75) is 33.1 Å². The Morgan fingerprint density at radius 1 is 1.11 bits per heavy atom. The Morgan fingerprint density at radius 2 is 1.82 bits per heavy atom. The van der Waals surface area contributed by atoms with Crippen LogP contribution >= 0.6 is 11.8 Å². The van der Waals surface area contributed by atoms with Crippen LogP contribution in [0.15, 0.2) is 77.1 Å². The third-order valence-corrected chi connectivity index (χ3v) is 7.43. The molecule has 0 atom stereocenters. The summed E-state index contributed by atoms with van der Waals surface area (Å²) in [5, 5.41) is 8.47. The van der Waals surface area contributed by atoms with E-state index in [9.17, 15) is 27.2 Å². The Kier molecular flexibility index (Phi) is 8.99. The van der Waals surface area contributed by atoms with E-state index >= 15 is 0 Å². The zero-order valence-corrected chi connectivity index (χ0v) is 24.9. The number of aryl methyl sites for hydroxylation is 1. The highest BCUT2D eigenvalue weighted by Crippen LogP contribution is 2.35. The van der Waals surface area contributed by atoms with E-state index in [0.29, 0.717) is 39.5 Å². The molecule has 1 aromatic heterocycles. The largest absolute Gasteiger partial charge is 0.573 e. The fourth-order valence-corrected chi connectivity index (χ4v) is 5.19. The van der Waals surface area contributed by atoms with E-state index in [4.69, 9.17) is 0 Å². The van der Waals surface area contributed by atoms with Crippen LogP contribution in [-0.4, -0.2) is 50.2 Å². The summed E-state index contributed by atoms with van der Waals surface area (Å²) in [5.41, 5.74) is 5.60. The molecule has 1 saturated heterocycles. The predicted molar refractivity (Wildman–Crippen MR) is 162 cm³/mol. The maximum absolute atomic E-state index is 14.3. The lowest BCUT2D eigenvalue weighted by Gasteiger charge is -2.22. The first kappa shape index (κ1) is 31.4. The molecule has 15 heteroatoms. The lowest BCUT2D eigenvalue weighted by atomic mass is 9.98. The van der Waals surface area contributed by atoms with Crippen LogP contribution in [0.1, 0.15) is 36.5 Å². The standard InChI is InChI=1S/C30H25F4N7O3S/c1-17(2)23-13-24(31)18(3)12-25(23)41-26(42)15-45-29(41)37-28(43)38-36-14-19-4-6-20(7-5-19)27-35-16-40(39-27)21-8-10-22(11-9-21)44-30(32,33)34/h4-14,16-17H,15H2,1-3H3,(H,38,43)/b36-14+,37-29-. The Balaban J connectivity index is 1.22. The normalized spacial score (nSPS) is 14.6. The number of thioether (sulfide) groups is 1. The van der Waals surface area contributed by atoms with Gasteiger partial charge in [0.25, 0.3) is 0 Å². The molecule has 10 nitrogen and oxygen atoms in total. The maximum Gasteiger partial charge on any atom is 0.573 e. The molecular weight excluding hydrogens is 614 g/mol. The quantitative estimate of drug-likeness (QED) is 0.139. The Hall–Kier alpha value is -5.05. The number of carbonyl (C=O) groups excluding carboxylic acids is 2. The number of anilines is 1. The van der Waals surface area contributed by atoms with Gasteiger partial charge in [-0.05, 0) is 65.9 Å². The van der Waals surface area contributed by atoms with Gasteiger partial charge in [0.15, 0.2) is 11.0 Å². The molecule has 3 aromatic carbocycles. The van der Waals surface area contributed by atoms with Crippen LogP contribution < -0.4 is 15.1 Å². The Bertz CT molecular complexity index is 1790. The van der Waals surface area contributed by atoms with Crippen molar-refractivity contribution in [2.75, 3.05) is 10.7 Å². The Labute approximate surface area is 258 Å². The number of nitrogens with one attached hydrogen (secondary N) is 1. The van der Waals surface area contributed by atoms with Crippen molar-refractivity contribution in [1.82, 2.24) is 20.2 Å². The van der Waals surface area contributed by atoms with Gasteiger partial charge >= 0.3 is 12.4 Å². The molecule has 2 heterocycles. The van der Waals surface area contributed by atoms with Crippen molar-refractivity contribution >= 4 is 40.8 Å². The summed E-state index contributed by atoms with van der Waals surface area (Å²) in [6.45, 7) is 5.38. The molecule has 1 fully saturated rings. The van der Waals surface area contributed by atoms with Crippen molar-refractivity contribution in [3.8, 4) is 22.8 Å². The van der Waals surface area contributed by atoms with Gasteiger partial charge in [0, 0.05) is 5.56 Å². The second kappa shape index (κ2) is 12.9. The van der Waals surface area contributed by atoms with Gasteiger partial charge in [-0.2, -0.15) is 10.1 Å². The molecule has 1 N–H and O–H groups in total. The van der Waals surface area contributed by atoms with Crippen LogP contribution in [0, 0.1) is 12.7 Å². The number of nitrogens with zero attached hydrogens (tertiary/aromatic N) is 6. The van der Waals surface area contributed by atoms with Crippen LogP contribution in [-0.2, 0) is 4.79 Å². The number of urea groups is 1. The van der Waals surface area contributed by atoms with E-state index in [0.717, 1.165) is 11.8 Å². The van der Waals surface area contributed by atoms with E-state index in [1.54, 1.807) is 37.3 Å². The number of hydrogen-bond donors (Lipinski definition) is 1. The number of benzene rings is 3. The van der Waals surface area contributed by atoms with Crippen molar-refractivity contribution < 1.29 is 31.9 Å². The summed E-state index contributed by atoms with van der Waals surface area (Å²) >= 11 is 1.10. The predicted octanol–water partition coefficient (Wildman–Crippen LogP) is 6.58. The van der Waals surface area contributed by atoms with Gasteiger partial charge < -0.3 is 4.74 Å². The SMILES string of the molecule is Cc1cc(N2C(=O)CS/C2=N\C(=O)N/N=C/c2ccc(-c3ncn(-c4ccc(OC(F)(F)F)cc4)n3)cc2)c(C(C)C)cc1F. The highest BCUT2D eigenvalue weighted by Gasteiger charge is 2.33. The number of hydrogen-bond acceptors (Lipinski definition) is 7. The Morgan fingerprint density at radius 3 is 2.49 bits per heavy atom. The average molecular weight is 640 g/mol. The molecule has 45 heavy (non-hydrogen) atoms. The smallest absolute Gasteiger partial charge is 0.406 e. The highest BCUT2D eigenvalue weighted by molar-refractivity contribution is 8.15. The first-order chi connectivity index (χ1) is 21.4. The summed E-state index contributed by atoms with van der Waals surface area (Å²) in [7, 11) is 0. The summed E-state index contributed by atoms with van der Waals surface area (Å²) in [6.07, 6.45) is -1.94. The number of alkyl halides is 3. The molecule has 1 aliphatic rings. The molecule has 4 aromatic rings. The molecule has 0 aliphatic carbocycles. The van der Waals surface area contributed by atoms with E-state index < -0.39 is 12.4 Å². The van der Waals surface area contributed by atoms with Crippen LogP contribution in [0.2, 0.25) is 0 Å². The molecule has 0 unspecified atom stereocenters. The second-order valence-electron chi connectivity index (χ2n) is 10.1. The van der Waals surface area contributed by atoms with Crippen LogP contribution in [0.4, 0.5) is 28.0 Å². The van der Waals surface area contributed by atoms with Crippen LogP contribution in [0.25, 0.3) is 17.1 Å². The minimum absolute atomic E-state index is 0.0754. The molecule has 0 saturated carbocycles. The van der Waals surface area contributed by atoms with E-state index in [2.05, 4.69) is 30.3 Å². The minimum Gasteiger partial charge on any atom is -0.406 e. The number of rotatable bonds is 7. The number of aliphatic imine (C=N–C) groups is 1. The lowest BCUT2D eigenvalue weighted by molar-refractivity contribution is -0.274. The van der Waals surface area contributed by atoms with Gasteiger partial charge in [-0.25, -0.2) is 24.3 Å². The third-order valence-electron chi connectivity index (χ3n) is 6.50. The number of ether oxygens (including phenoxy) is 1. The first-order valence-electron chi connectivity index (χ1n) is 13.4. The van der Waals surface area contributed by atoms with Crippen molar-refractivity contribution in [1.29, 1.82) is 0 Å². The summed E-state index contributed by atoms with van der Waals surface area (Å²) < 4.78 is 56.7. The topological polar surface area (TPSA) is 114 Å². The van der Waals surface area contributed by atoms with Gasteiger partial charge in [-0.3, -0.25) is 9.69 Å². The molecular formula is C30H25F4N7O3S. The van der Waals surface area contributed by atoms with Gasteiger partial charge in [0.2, 0.25) is 5.91 Å². The number of hydrazone groups is 1. The number of halogens is 4. The van der Waals surface area contributed by atoms with E-state index in [1.165, 1.54) is 52.5 Å². The fraction of sp³-hybridized carbons (Fsp3) is 0.200. The molecule has 5 rings (SSSR count). The fourth-order valence-electron chi connectivity index (χ4n) is 4.33. The minimum atomic E-state index is -4.78. The van der Waals surface area contributed by atoms with Gasteiger partial charge in [-0.1, -0.05) is 49.9 Å². The number of amides is 3. The number of carbonyl (C=O) groups is 2.